The van der Waals surface area contributed by atoms with Crippen LogP contribution in [-0.4, -0.2) is 27.9 Å². The minimum atomic E-state index is -1.19. The fraction of sp³-hybridized carbons (Fsp3) is 0.500. The van der Waals surface area contributed by atoms with Gasteiger partial charge in [0.05, 0.1) is 18.9 Å². The van der Waals surface area contributed by atoms with Crippen LogP contribution in [0, 0.1) is 0 Å². The van der Waals surface area contributed by atoms with E-state index in [2.05, 4.69) is 4.98 Å². The molecule has 1 aromatic rings. The number of ether oxygens (including phenoxy) is 1. The van der Waals surface area contributed by atoms with Crippen molar-refractivity contribution in [2.75, 3.05) is 7.11 Å². The summed E-state index contributed by atoms with van der Waals surface area (Å²) in [7, 11) is 1.53. The fourth-order valence-corrected chi connectivity index (χ4v) is 1.10. The lowest BCUT2D eigenvalue weighted by Crippen LogP contribution is -2.28. The van der Waals surface area contributed by atoms with Gasteiger partial charge in [0, 0.05) is 11.8 Å². The standard InChI is InChI=1S/C10H15NO3/c1-10(2,13)9(12)7-4-8(14-3)6-11-5-7/h4-6,9,12-13H,1-3H3. The molecule has 4 heteroatoms. The van der Waals surface area contributed by atoms with Crippen LogP contribution >= 0.6 is 0 Å². The van der Waals surface area contributed by atoms with Crippen molar-refractivity contribution in [2.24, 2.45) is 0 Å². The zero-order valence-corrected chi connectivity index (χ0v) is 8.56. The number of methoxy groups -OCH3 is 1. The van der Waals surface area contributed by atoms with Gasteiger partial charge in [0.1, 0.15) is 11.9 Å². The summed E-state index contributed by atoms with van der Waals surface area (Å²) in [6, 6.07) is 1.65. The van der Waals surface area contributed by atoms with Crippen molar-refractivity contribution in [2.45, 2.75) is 25.6 Å². The van der Waals surface area contributed by atoms with Gasteiger partial charge in [-0.25, -0.2) is 0 Å². The molecule has 0 radical (unpaired) electrons. The topological polar surface area (TPSA) is 62.6 Å². The second-order valence-corrected chi connectivity index (χ2v) is 3.71. The SMILES string of the molecule is COc1cncc(C(O)C(C)(C)O)c1. The second kappa shape index (κ2) is 3.94. The average Bonchev–Trinajstić information content (AvgIpc) is 2.15. The number of aliphatic hydroxyl groups excluding tert-OH is 1. The first-order valence-electron chi connectivity index (χ1n) is 4.34. The number of hydrogen-bond donors (Lipinski definition) is 2. The maximum atomic E-state index is 9.73. The Morgan fingerprint density at radius 1 is 1.43 bits per heavy atom. The van der Waals surface area contributed by atoms with Gasteiger partial charge < -0.3 is 14.9 Å². The van der Waals surface area contributed by atoms with Crippen molar-refractivity contribution in [3.05, 3.63) is 24.0 Å². The lowest BCUT2D eigenvalue weighted by molar-refractivity contribution is -0.0499. The number of aromatic nitrogens is 1. The first-order valence-corrected chi connectivity index (χ1v) is 4.34. The summed E-state index contributed by atoms with van der Waals surface area (Å²) >= 11 is 0. The van der Waals surface area contributed by atoms with E-state index in [9.17, 15) is 10.2 Å². The largest absolute Gasteiger partial charge is 0.495 e. The number of aliphatic hydroxyl groups is 2. The Balaban J connectivity index is 2.95. The van der Waals surface area contributed by atoms with Crippen LogP contribution in [0.25, 0.3) is 0 Å². The van der Waals surface area contributed by atoms with E-state index in [1.165, 1.54) is 27.2 Å². The molecular weight excluding hydrogens is 182 g/mol. The van der Waals surface area contributed by atoms with Crippen LogP contribution in [0.1, 0.15) is 25.5 Å². The monoisotopic (exact) mass is 197 g/mol. The first-order chi connectivity index (χ1) is 6.45. The molecule has 2 N–H and O–H groups in total. The molecule has 0 saturated carbocycles. The average molecular weight is 197 g/mol. The van der Waals surface area contributed by atoms with E-state index in [1.54, 1.807) is 12.3 Å². The van der Waals surface area contributed by atoms with E-state index >= 15 is 0 Å². The molecule has 0 bridgehead atoms. The summed E-state index contributed by atoms with van der Waals surface area (Å²) in [5.41, 5.74) is -0.648. The lowest BCUT2D eigenvalue weighted by Gasteiger charge is -2.24. The molecule has 0 aliphatic heterocycles. The Labute approximate surface area is 83.2 Å². The third-order valence-corrected chi connectivity index (χ3v) is 1.95. The van der Waals surface area contributed by atoms with Crippen molar-refractivity contribution in [3.8, 4) is 5.75 Å². The van der Waals surface area contributed by atoms with Gasteiger partial charge >= 0.3 is 0 Å². The van der Waals surface area contributed by atoms with Crippen LogP contribution in [0.3, 0.4) is 0 Å². The zero-order valence-electron chi connectivity index (χ0n) is 8.56. The van der Waals surface area contributed by atoms with Crippen LogP contribution in [0.5, 0.6) is 5.75 Å². The smallest absolute Gasteiger partial charge is 0.137 e. The van der Waals surface area contributed by atoms with E-state index < -0.39 is 11.7 Å². The maximum Gasteiger partial charge on any atom is 0.137 e. The molecule has 1 aromatic heterocycles. The van der Waals surface area contributed by atoms with Crippen LogP contribution in [0.2, 0.25) is 0 Å². The van der Waals surface area contributed by atoms with Crippen molar-refractivity contribution in [1.82, 2.24) is 4.98 Å². The summed E-state index contributed by atoms with van der Waals surface area (Å²) < 4.78 is 4.96. The third-order valence-electron chi connectivity index (χ3n) is 1.95. The normalized spacial score (nSPS) is 13.8. The summed E-state index contributed by atoms with van der Waals surface area (Å²) in [5.74, 6) is 0.561. The Morgan fingerprint density at radius 3 is 2.57 bits per heavy atom. The van der Waals surface area contributed by atoms with E-state index in [-0.39, 0.29) is 0 Å². The second-order valence-electron chi connectivity index (χ2n) is 3.71. The fourth-order valence-electron chi connectivity index (χ4n) is 1.10. The zero-order chi connectivity index (χ0) is 10.8. The number of pyridine rings is 1. The Morgan fingerprint density at radius 2 is 2.07 bits per heavy atom. The Hall–Kier alpha value is -1.13. The summed E-state index contributed by atoms with van der Waals surface area (Å²) in [6.07, 6.45) is 2.08. The van der Waals surface area contributed by atoms with Crippen molar-refractivity contribution in [3.63, 3.8) is 0 Å². The molecule has 0 fully saturated rings. The van der Waals surface area contributed by atoms with E-state index in [0.29, 0.717) is 11.3 Å². The van der Waals surface area contributed by atoms with Gasteiger partial charge in [-0.05, 0) is 19.9 Å². The van der Waals surface area contributed by atoms with Crippen LogP contribution < -0.4 is 4.74 Å². The number of hydrogen-bond acceptors (Lipinski definition) is 4. The van der Waals surface area contributed by atoms with Crippen molar-refractivity contribution >= 4 is 0 Å². The predicted octanol–water partition coefficient (Wildman–Crippen LogP) is 0.894. The maximum absolute atomic E-state index is 9.73. The van der Waals surface area contributed by atoms with Crippen LogP contribution in [0.15, 0.2) is 18.5 Å². The van der Waals surface area contributed by atoms with Gasteiger partial charge in [-0.1, -0.05) is 0 Å². The Bertz CT molecular complexity index is 306. The lowest BCUT2D eigenvalue weighted by atomic mass is 9.96. The van der Waals surface area contributed by atoms with E-state index in [4.69, 9.17) is 4.74 Å². The van der Waals surface area contributed by atoms with E-state index in [0.717, 1.165) is 0 Å². The molecule has 1 unspecified atom stereocenters. The van der Waals surface area contributed by atoms with Gasteiger partial charge in [-0.2, -0.15) is 0 Å². The molecule has 0 saturated heterocycles. The summed E-state index contributed by atoms with van der Waals surface area (Å²) in [6.45, 7) is 3.08. The highest BCUT2D eigenvalue weighted by atomic mass is 16.5. The molecule has 0 aliphatic rings. The molecule has 78 valence electrons. The Kier molecular flexibility index (Phi) is 3.08. The molecule has 1 atom stereocenters. The van der Waals surface area contributed by atoms with Gasteiger partial charge in [-0.15, -0.1) is 0 Å². The van der Waals surface area contributed by atoms with Gasteiger partial charge in [0.2, 0.25) is 0 Å². The molecule has 4 nitrogen and oxygen atoms in total. The van der Waals surface area contributed by atoms with Gasteiger partial charge in [0.25, 0.3) is 0 Å². The molecular formula is C10H15NO3. The number of rotatable bonds is 3. The highest BCUT2D eigenvalue weighted by Gasteiger charge is 2.26. The highest BCUT2D eigenvalue weighted by Crippen LogP contribution is 2.26. The highest BCUT2D eigenvalue weighted by molar-refractivity contribution is 5.26. The quantitative estimate of drug-likeness (QED) is 0.755. The predicted molar refractivity (Wildman–Crippen MR) is 52.0 cm³/mol. The molecule has 14 heavy (non-hydrogen) atoms. The number of nitrogens with zero attached hydrogens (tertiary/aromatic N) is 1. The molecule has 0 aromatic carbocycles. The minimum Gasteiger partial charge on any atom is -0.495 e. The van der Waals surface area contributed by atoms with Gasteiger partial charge in [0.15, 0.2) is 0 Å². The van der Waals surface area contributed by atoms with Crippen LogP contribution in [-0.2, 0) is 0 Å². The molecule has 0 spiro atoms. The molecule has 0 aliphatic carbocycles. The van der Waals surface area contributed by atoms with E-state index in [1.807, 2.05) is 0 Å². The molecule has 0 amide bonds. The summed E-state index contributed by atoms with van der Waals surface area (Å²) in [4.78, 5) is 3.89. The summed E-state index contributed by atoms with van der Waals surface area (Å²) in [5, 5.41) is 19.3. The third kappa shape index (κ3) is 2.43. The van der Waals surface area contributed by atoms with Gasteiger partial charge in [-0.3, -0.25) is 4.98 Å². The first kappa shape index (κ1) is 10.9. The van der Waals surface area contributed by atoms with Crippen molar-refractivity contribution < 1.29 is 14.9 Å². The molecule has 1 rings (SSSR count). The molecule has 1 heterocycles. The van der Waals surface area contributed by atoms with Crippen molar-refractivity contribution in [1.29, 1.82) is 0 Å². The minimum absolute atomic E-state index is 0.539. The van der Waals surface area contributed by atoms with Crippen LogP contribution in [0.4, 0.5) is 0 Å².